The third-order valence-corrected chi connectivity index (χ3v) is 4.98. The van der Waals surface area contributed by atoms with Crippen LogP contribution in [-0.2, 0) is 15.6 Å². The fraction of sp³-hybridized carbons (Fsp3) is 0.462. The normalized spacial score (nSPS) is 12.9. The average molecular weight is 315 g/mol. The predicted octanol–water partition coefficient (Wildman–Crippen LogP) is 2.25. The Balaban J connectivity index is 3.23. The molecule has 0 fully saturated rings. The number of aromatic carboxylic acids is 1. The van der Waals surface area contributed by atoms with E-state index in [1.807, 2.05) is 6.92 Å². The predicted molar refractivity (Wildman–Crippen MR) is 77.0 cm³/mol. The SMILES string of the molecule is CCC(C)CS(=O)(=O)Cc1cccc([N+](=O)[O-])c1C(=O)O. The van der Waals surface area contributed by atoms with Crippen molar-refractivity contribution in [2.45, 2.75) is 26.0 Å². The Kier molecular flexibility index (Phi) is 5.42. The van der Waals surface area contributed by atoms with Crippen LogP contribution in [0.1, 0.15) is 36.2 Å². The molecule has 0 spiro atoms. The molecule has 0 amide bonds. The summed E-state index contributed by atoms with van der Waals surface area (Å²) in [5.74, 6) is -2.15. The van der Waals surface area contributed by atoms with Crippen molar-refractivity contribution >= 4 is 21.5 Å². The maximum Gasteiger partial charge on any atom is 0.343 e. The van der Waals surface area contributed by atoms with Gasteiger partial charge in [-0.15, -0.1) is 0 Å². The first kappa shape index (κ1) is 17.1. The molecule has 0 aliphatic heterocycles. The van der Waals surface area contributed by atoms with Crippen molar-refractivity contribution in [3.05, 3.63) is 39.4 Å². The number of sulfone groups is 1. The fourth-order valence-electron chi connectivity index (χ4n) is 1.95. The Morgan fingerprint density at radius 2 is 2.05 bits per heavy atom. The average Bonchev–Trinajstić information content (AvgIpc) is 2.36. The lowest BCUT2D eigenvalue weighted by Gasteiger charge is -2.11. The van der Waals surface area contributed by atoms with Crippen LogP contribution in [0.3, 0.4) is 0 Å². The van der Waals surface area contributed by atoms with E-state index in [2.05, 4.69) is 0 Å². The lowest BCUT2D eigenvalue weighted by Crippen LogP contribution is -2.17. The van der Waals surface area contributed by atoms with Gasteiger partial charge in [-0.3, -0.25) is 10.1 Å². The molecule has 1 rings (SSSR count). The van der Waals surface area contributed by atoms with E-state index in [-0.39, 0.29) is 17.2 Å². The molecule has 116 valence electrons. The Labute approximate surface area is 122 Å². The molecule has 0 aromatic heterocycles. The van der Waals surface area contributed by atoms with Crippen LogP contribution in [0, 0.1) is 16.0 Å². The summed E-state index contributed by atoms with van der Waals surface area (Å²) in [5, 5.41) is 20.0. The highest BCUT2D eigenvalue weighted by molar-refractivity contribution is 7.90. The van der Waals surface area contributed by atoms with E-state index in [0.29, 0.717) is 6.42 Å². The Bertz CT molecular complexity index is 653. The van der Waals surface area contributed by atoms with E-state index in [4.69, 9.17) is 5.11 Å². The third-order valence-electron chi connectivity index (χ3n) is 3.15. The molecule has 1 aromatic rings. The summed E-state index contributed by atoms with van der Waals surface area (Å²) in [7, 11) is -3.53. The molecule has 0 saturated carbocycles. The third kappa shape index (κ3) is 4.52. The molecule has 1 N–H and O–H groups in total. The van der Waals surface area contributed by atoms with Crippen LogP contribution in [0.25, 0.3) is 0 Å². The minimum Gasteiger partial charge on any atom is -0.477 e. The first-order valence-electron chi connectivity index (χ1n) is 6.38. The summed E-state index contributed by atoms with van der Waals surface area (Å²) < 4.78 is 24.1. The van der Waals surface area contributed by atoms with Crippen LogP contribution in [0.15, 0.2) is 18.2 Å². The molecule has 1 unspecified atom stereocenters. The molecule has 8 heteroatoms. The zero-order chi connectivity index (χ0) is 16.2. The van der Waals surface area contributed by atoms with Crippen molar-refractivity contribution in [3.63, 3.8) is 0 Å². The molecule has 0 bridgehead atoms. The molecule has 21 heavy (non-hydrogen) atoms. The maximum atomic E-state index is 12.1. The minimum absolute atomic E-state index is 0.0537. The molecule has 1 aromatic carbocycles. The van der Waals surface area contributed by atoms with Gasteiger partial charge in [-0.1, -0.05) is 32.4 Å². The number of hydrogen-bond acceptors (Lipinski definition) is 5. The highest BCUT2D eigenvalue weighted by atomic mass is 32.2. The summed E-state index contributed by atoms with van der Waals surface area (Å²) in [6, 6.07) is 3.64. The zero-order valence-corrected chi connectivity index (χ0v) is 12.6. The number of hydrogen-bond donors (Lipinski definition) is 1. The van der Waals surface area contributed by atoms with E-state index < -0.39 is 37.7 Å². The molecule has 0 saturated heterocycles. The lowest BCUT2D eigenvalue weighted by molar-refractivity contribution is -0.385. The van der Waals surface area contributed by atoms with Gasteiger partial charge < -0.3 is 5.11 Å². The summed E-state index contributed by atoms with van der Waals surface area (Å²) in [5.41, 5.74) is -1.21. The monoisotopic (exact) mass is 315 g/mol. The van der Waals surface area contributed by atoms with Gasteiger partial charge in [0, 0.05) is 6.07 Å². The van der Waals surface area contributed by atoms with Crippen LogP contribution in [0.4, 0.5) is 5.69 Å². The van der Waals surface area contributed by atoms with E-state index >= 15 is 0 Å². The number of carboxylic acid groups (broad SMARTS) is 1. The van der Waals surface area contributed by atoms with Crippen LogP contribution < -0.4 is 0 Å². The zero-order valence-electron chi connectivity index (χ0n) is 11.8. The first-order valence-corrected chi connectivity index (χ1v) is 8.20. The van der Waals surface area contributed by atoms with Crippen molar-refractivity contribution in [1.82, 2.24) is 0 Å². The van der Waals surface area contributed by atoms with Gasteiger partial charge in [0.1, 0.15) is 5.56 Å². The molecule has 0 radical (unpaired) electrons. The highest BCUT2D eigenvalue weighted by Crippen LogP contribution is 2.24. The largest absolute Gasteiger partial charge is 0.477 e. The van der Waals surface area contributed by atoms with E-state index in [1.54, 1.807) is 6.92 Å². The molecular formula is C13H17NO6S. The Morgan fingerprint density at radius 3 is 2.52 bits per heavy atom. The van der Waals surface area contributed by atoms with Crippen LogP contribution in [0.5, 0.6) is 0 Å². The van der Waals surface area contributed by atoms with E-state index in [1.165, 1.54) is 12.1 Å². The molecule has 0 aliphatic rings. The molecule has 1 atom stereocenters. The summed E-state index contributed by atoms with van der Waals surface area (Å²) in [6.45, 7) is 3.64. The van der Waals surface area contributed by atoms with E-state index in [0.717, 1.165) is 6.07 Å². The second-order valence-electron chi connectivity index (χ2n) is 4.94. The number of benzene rings is 1. The van der Waals surface area contributed by atoms with Crippen molar-refractivity contribution in [2.24, 2.45) is 5.92 Å². The van der Waals surface area contributed by atoms with Crippen LogP contribution >= 0.6 is 0 Å². The van der Waals surface area contributed by atoms with Crippen molar-refractivity contribution in [3.8, 4) is 0 Å². The summed E-state index contributed by atoms with van der Waals surface area (Å²) in [6.07, 6.45) is 0.681. The number of nitro groups is 1. The van der Waals surface area contributed by atoms with Gasteiger partial charge in [-0.25, -0.2) is 13.2 Å². The van der Waals surface area contributed by atoms with Crippen molar-refractivity contribution < 1.29 is 23.2 Å². The summed E-state index contributed by atoms with van der Waals surface area (Å²) >= 11 is 0. The topological polar surface area (TPSA) is 115 Å². The van der Waals surface area contributed by atoms with Gasteiger partial charge in [0.15, 0.2) is 9.84 Å². The molecule has 7 nitrogen and oxygen atoms in total. The molecule has 0 heterocycles. The molecular weight excluding hydrogens is 298 g/mol. The van der Waals surface area contributed by atoms with Crippen molar-refractivity contribution in [1.29, 1.82) is 0 Å². The Morgan fingerprint density at radius 1 is 1.43 bits per heavy atom. The summed E-state index contributed by atoms with van der Waals surface area (Å²) in [4.78, 5) is 21.2. The number of carboxylic acids is 1. The van der Waals surface area contributed by atoms with Crippen LogP contribution in [-0.4, -0.2) is 30.2 Å². The second-order valence-corrected chi connectivity index (χ2v) is 7.05. The first-order chi connectivity index (χ1) is 9.68. The second kappa shape index (κ2) is 6.66. The lowest BCUT2D eigenvalue weighted by atomic mass is 10.1. The van der Waals surface area contributed by atoms with Crippen molar-refractivity contribution in [2.75, 3.05) is 5.75 Å². The van der Waals surface area contributed by atoms with Gasteiger partial charge >= 0.3 is 5.97 Å². The standard InChI is InChI=1S/C13H17NO6S/c1-3-9(2)7-21(19,20)8-10-5-4-6-11(14(17)18)12(10)13(15)16/h4-6,9H,3,7-8H2,1-2H3,(H,15,16). The van der Waals surface area contributed by atoms with Gasteiger partial charge in [0.2, 0.25) is 0 Å². The van der Waals surface area contributed by atoms with Gasteiger partial charge in [-0.2, -0.15) is 0 Å². The number of rotatable bonds is 7. The maximum absolute atomic E-state index is 12.1. The van der Waals surface area contributed by atoms with Gasteiger partial charge in [0.25, 0.3) is 5.69 Å². The van der Waals surface area contributed by atoms with Gasteiger partial charge in [-0.05, 0) is 11.5 Å². The quantitative estimate of drug-likeness (QED) is 0.609. The Hall–Kier alpha value is -1.96. The molecule has 0 aliphatic carbocycles. The van der Waals surface area contributed by atoms with Crippen LogP contribution in [0.2, 0.25) is 0 Å². The number of carbonyl (C=O) groups is 1. The number of nitrogens with zero attached hydrogens (tertiary/aromatic N) is 1. The smallest absolute Gasteiger partial charge is 0.343 e. The highest BCUT2D eigenvalue weighted by Gasteiger charge is 2.26. The van der Waals surface area contributed by atoms with E-state index in [9.17, 15) is 23.3 Å². The minimum atomic E-state index is -3.53. The van der Waals surface area contributed by atoms with Gasteiger partial charge in [0.05, 0.1) is 16.4 Å². The number of nitro benzene ring substituents is 1. The fourth-order valence-corrected chi connectivity index (χ4v) is 3.89.